The zero-order chi connectivity index (χ0) is 22.8. The van der Waals surface area contributed by atoms with Crippen LogP contribution < -0.4 is 18.9 Å². The Morgan fingerprint density at radius 1 is 1.15 bits per heavy atom. The Kier molecular flexibility index (Phi) is 6.06. The number of ketones is 1. The lowest BCUT2D eigenvalue weighted by molar-refractivity contribution is -0.114. The van der Waals surface area contributed by atoms with Gasteiger partial charge in [0.2, 0.25) is 6.79 Å². The van der Waals surface area contributed by atoms with Crippen molar-refractivity contribution in [1.29, 1.82) is 5.41 Å². The molecule has 9 heteroatoms. The van der Waals surface area contributed by atoms with Gasteiger partial charge in [0.15, 0.2) is 28.8 Å². The van der Waals surface area contributed by atoms with Crippen LogP contribution in [0.1, 0.15) is 29.0 Å². The number of aromatic nitrogens is 1. The van der Waals surface area contributed by atoms with E-state index < -0.39 is 5.92 Å². The fraction of sp³-hybridized carbons (Fsp3) is 0.208. The van der Waals surface area contributed by atoms with Crippen molar-refractivity contribution in [3.63, 3.8) is 0 Å². The summed E-state index contributed by atoms with van der Waals surface area (Å²) >= 11 is 2.58. The Morgan fingerprint density at radius 3 is 2.85 bits per heavy atom. The molecule has 0 spiro atoms. The Hall–Kier alpha value is -3.30. The molecule has 3 aromatic rings. The lowest BCUT2D eigenvalue weighted by Crippen LogP contribution is -2.11. The highest BCUT2D eigenvalue weighted by Crippen LogP contribution is 2.42. The van der Waals surface area contributed by atoms with E-state index in [1.807, 2.05) is 48.7 Å². The maximum atomic E-state index is 12.9. The van der Waals surface area contributed by atoms with Crippen molar-refractivity contribution in [2.45, 2.75) is 19.4 Å². The molecule has 0 aliphatic carbocycles. The van der Waals surface area contributed by atoms with Gasteiger partial charge < -0.3 is 18.9 Å². The molecule has 0 amide bonds. The number of thioether (sulfide) groups is 1. The van der Waals surface area contributed by atoms with Crippen molar-refractivity contribution in [2.75, 3.05) is 13.4 Å². The second kappa shape index (κ2) is 9.29. The van der Waals surface area contributed by atoms with Crippen LogP contribution in [0.2, 0.25) is 0 Å². The zero-order valence-corrected chi connectivity index (χ0v) is 19.3. The molecule has 1 fully saturated rings. The summed E-state index contributed by atoms with van der Waals surface area (Å²) in [5.41, 5.74) is 1.75. The van der Waals surface area contributed by atoms with Gasteiger partial charge in [0.05, 0.1) is 16.6 Å². The number of ether oxygens (including phenoxy) is 4. The summed E-state index contributed by atoms with van der Waals surface area (Å²) in [5.74, 6) is 1.95. The van der Waals surface area contributed by atoms with Crippen molar-refractivity contribution in [3.05, 3.63) is 69.0 Å². The Bertz CT molecular complexity index is 1240. The molecule has 2 aliphatic rings. The second-order valence-corrected chi connectivity index (χ2v) is 9.27. The third-order valence-electron chi connectivity index (χ3n) is 5.08. The quantitative estimate of drug-likeness (QED) is 0.461. The predicted molar refractivity (Wildman–Crippen MR) is 128 cm³/mol. The van der Waals surface area contributed by atoms with Crippen molar-refractivity contribution in [3.8, 4) is 23.0 Å². The number of carbonyl (C=O) groups is 1. The van der Waals surface area contributed by atoms with Gasteiger partial charge in [0.1, 0.15) is 17.5 Å². The van der Waals surface area contributed by atoms with Crippen molar-refractivity contribution >= 4 is 40.0 Å². The minimum Gasteiger partial charge on any atom is -0.490 e. The summed E-state index contributed by atoms with van der Waals surface area (Å²) in [5, 5.41) is 11.0. The first-order chi connectivity index (χ1) is 16.1. The van der Waals surface area contributed by atoms with Crippen LogP contribution in [0.5, 0.6) is 23.0 Å². The number of carbonyl (C=O) groups excluding carboxylic acids is 1. The average Bonchev–Trinajstić information content (AvgIpc) is 3.55. The highest BCUT2D eigenvalue weighted by molar-refractivity contribution is 8.19. The van der Waals surface area contributed by atoms with Gasteiger partial charge in [0.25, 0.3) is 0 Å². The van der Waals surface area contributed by atoms with Crippen molar-refractivity contribution in [2.24, 2.45) is 0 Å². The van der Waals surface area contributed by atoms with Gasteiger partial charge in [0, 0.05) is 11.6 Å². The number of fused-ring (bicyclic) bond motifs is 1. The molecule has 7 nitrogen and oxygen atoms in total. The summed E-state index contributed by atoms with van der Waals surface area (Å²) in [4.78, 5) is 17.6. The Labute approximate surface area is 198 Å². The molecule has 5 rings (SSSR count). The molecule has 2 aromatic carbocycles. The molecule has 1 aromatic heterocycles. The fourth-order valence-corrected chi connectivity index (χ4v) is 5.34. The minimum absolute atomic E-state index is 0.0963. The van der Waals surface area contributed by atoms with Gasteiger partial charge in [-0.1, -0.05) is 23.9 Å². The molecule has 1 saturated heterocycles. The van der Waals surface area contributed by atoms with E-state index in [2.05, 4.69) is 4.98 Å². The molecule has 0 saturated carbocycles. The second-order valence-electron chi connectivity index (χ2n) is 7.26. The summed E-state index contributed by atoms with van der Waals surface area (Å²) in [6.07, 6.45) is 3.45. The van der Waals surface area contributed by atoms with Gasteiger partial charge >= 0.3 is 0 Å². The van der Waals surface area contributed by atoms with E-state index in [0.29, 0.717) is 45.4 Å². The highest BCUT2D eigenvalue weighted by atomic mass is 32.2. The Balaban J connectivity index is 1.34. The van der Waals surface area contributed by atoms with E-state index in [9.17, 15) is 4.79 Å². The molecular weight excluding hydrogens is 460 g/mol. The first-order valence-corrected chi connectivity index (χ1v) is 12.0. The SMILES string of the molecule is CCOc1cc(/C=C2\SC(=N)[C@@H](c3nccs3)C2=O)ccc1OCc1ccc2c(c1)OCO2. The zero-order valence-electron chi connectivity index (χ0n) is 17.7. The van der Waals surface area contributed by atoms with Gasteiger partial charge in [-0.15, -0.1) is 11.3 Å². The summed E-state index contributed by atoms with van der Waals surface area (Å²) in [6.45, 7) is 2.96. The van der Waals surface area contributed by atoms with Crippen LogP contribution in [-0.4, -0.2) is 29.2 Å². The molecule has 33 heavy (non-hydrogen) atoms. The molecule has 2 aliphatic heterocycles. The number of rotatable bonds is 7. The summed E-state index contributed by atoms with van der Waals surface area (Å²) in [7, 11) is 0. The number of hydrogen-bond acceptors (Lipinski definition) is 9. The van der Waals surface area contributed by atoms with Gasteiger partial charge in [-0.3, -0.25) is 10.2 Å². The number of Topliss-reactive ketones (excluding diaryl/α,β-unsaturated/α-hetero) is 1. The van der Waals surface area contributed by atoms with Crippen LogP contribution in [0, 0.1) is 5.41 Å². The number of hydrogen-bond donors (Lipinski definition) is 1. The highest BCUT2D eigenvalue weighted by Gasteiger charge is 2.38. The first-order valence-electron chi connectivity index (χ1n) is 10.3. The van der Waals surface area contributed by atoms with Gasteiger partial charge in [-0.05, 0) is 48.4 Å². The number of allylic oxidation sites excluding steroid dienone is 1. The predicted octanol–water partition coefficient (Wildman–Crippen LogP) is 5.27. The van der Waals surface area contributed by atoms with E-state index in [4.69, 9.17) is 24.4 Å². The molecule has 0 bridgehead atoms. The van der Waals surface area contributed by atoms with Crippen molar-refractivity contribution in [1.82, 2.24) is 4.98 Å². The van der Waals surface area contributed by atoms with Crippen LogP contribution in [0.25, 0.3) is 6.08 Å². The molecule has 1 N–H and O–H groups in total. The Morgan fingerprint density at radius 2 is 2.03 bits per heavy atom. The molecule has 0 radical (unpaired) electrons. The van der Waals surface area contributed by atoms with Gasteiger partial charge in [-0.2, -0.15) is 0 Å². The van der Waals surface area contributed by atoms with E-state index in [1.54, 1.807) is 12.3 Å². The number of benzene rings is 2. The lowest BCUT2D eigenvalue weighted by atomic mass is 10.0. The van der Waals surface area contributed by atoms with E-state index in [-0.39, 0.29) is 12.6 Å². The molecule has 0 unspecified atom stereocenters. The maximum Gasteiger partial charge on any atom is 0.231 e. The maximum absolute atomic E-state index is 12.9. The molecule has 168 valence electrons. The smallest absolute Gasteiger partial charge is 0.231 e. The van der Waals surface area contributed by atoms with Crippen LogP contribution in [0.15, 0.2) is 52.9 Å². The summed E-state index contributed by atoms with van der Waals surface area (Å²) in [6, 6.07) is 11.3. The van der Waals surface area contributed by atoms with Crippen molar-refractivity contribution < 1.29 is 23.7 Å². The molecule has 1 atom stereocenters. The third kappa shape index (κ3) is 4.46. The van der Waals surface area contributed by atoms with E-state index >= 15 is 0 Å². The number of nitrogens with zero attached hydrogens (tertiary/aromatic N) is 1. The molecular formula is C24H20N2O5S2. The van der Waals surface area contributed by atoms with E-state index in [0.717, 1.165) is 16.9 Å². The largest absolute Gasteiger partial charge is 0.490 e. The number of thiazole rings is 1. The number of nitrogens with one attached hydrogen (secondary N) is 1. The summed E-state index contributed by atoms with van der Waals surface area (Å²) < 4.78 is 22.6. The van der Waals surface area contributed by atoms with Crippen LogP contribution >= 0.6 is 23.1 Å². The normalized spacial score (nSPS) is 18.2. The van der Waals surface area contributed by atoms with E-state index in [1.165, 1.54) is 23.1 Å². The monoisotopic (exact) mass is 480 g/mol. The average molecular weight is 481 g/mol. The van der Waals surface area contributed by atoms with Crippen LogP contribution in [0.3, 0.4) is 0 Å². The topological polar surface area (TPSA) is 90.7 Å². The van der Waals surface area contributed by atoms with Crippen LogP contribution in [0.4, 0.5) is 0 Å². The standard InChI is InChI=1S/C24H20N2O5S2/c1-2-28-18-9-14(11-20-22(27)21(23(25)33-20)24-26-7-8-32-24)3-5-16(18)29-12-15-4-6-17-19(10-15)31-13-30-17/h3-11,21,25H,2,12-13H2,1H3/b20-11-,25-23?/t21-/m0/s1. The lowest BCUT2D eigenvalue weighted by Gasteiger charge is -2.13. The fourth-order valence-electron chi connectivity index (χ4n) is 3.54. The first kappa shape index (κ1) is 21.5. The van der Waals surface area contributed by atoms with Gasteiger partial charge in [-0.25, -0.2) is 4.98 Å². The minimum atomic E-state index is -0.600. The third-order valence-corrected chi connectivity index (χ3v) is 6.92. The van der Waals surface area contributed by atoms with Crippen LogP contribution in [-0.2, 0) is 11.4 Å². The molecule has 3 heterocycles.